The summed E-state index contributed by atoms with van der Waals surface area (Å²) in [5.41, 5.74) is 2.98. The van der Waals surface area contributed by atoms with Crippen molar-refractivity contribution in [3.05, 3.63) is 53.7 Å². The molecule has 5 rings (SSSR count). The van der Waals surface area contributed by atoms with Gasteiger partial charge >= 0.3 is 6.09 Å². The summed E-state index contributed by atoms with van der Waals surface area (Å²) in [7, 11) is 3.13. The average molecular weight is 575 g/mol. The predicted molar refractivity (Wildman–Crippen MR) is 156 cm³/mol. The van der Waals surface area contributed by atoms with E-state index >= 15 is 0 Å². The molecular weight excluding hydrogens is 540 g/mol. The van der Waals surface area contributed by atoms with E-state index in [4.69, 9.17) is 19.2 Å². The summed E-state index contributed by atoms with van der Waals surface area (Å²) in [6, 6.07) is 10.6. The van der Waals surface area contributed by atoms with Crippen LogP contribution in [0.2, 0.25) is 0 Å². The molecule has 1 saturated heterocycles. The van der Waals surface area contributed by atoms with Gasteiger partial charge in [-0.3, -0.25) is 9.59 Å². The fraction of sp³-hybridized carbons (Fsp3) is 0.367. The Hall–Kier alpha value is -4.87. The monoisotopic (exact) mass is 574 g/mol. The SMILES string of the molecule is COc1ccc(Nc2ncc3c(n2)-c2ccc(C(=O)N4CCN(C(=O)OC(C)(C)C)CC4)cc2NC(=O)C3)cc1OC. The van der Waals surface area contributed by atoms with Gasteiger partial charge in [-0.1, -0.05) is 0 Å². The zero-order chi connectivity index (χ0) is 30.0. The van der Waals surface area contributed by atoms with Gasteiger partial charge in [-0.25, -0.2) is 14.8 Å². The molecule has 0 saturated carbocycles. The predicted octanol–water partition coefficient (Wildman–Crippen LogP) is 4.09. The first-order chi connectivity index (χ1) is 20.0. The van der Waals surface area contributed by atoms with Gasteiger partial charge in [-0.15, -0.1) is 0 Å². The summed E-state index contributed by atoms with van der Waals surface area (Å²) >= 11 is 0. The Kier molecular flexibility index (Phi) is 7.88. The molecule has 42 heavy (non-hydrogen) atoms. The van der Waals surface area contributed by atoms with Gasteiger partial charge in [0.25, 0.3) is 5.91 Å². The highest BCUT2D eigenvalue weighted by atomic mass is 16.6. The van der Waals surface area contributed by atoms with Crippen LogP contribution in [0.3, 0.4) is 0 Å². The number of piperazine rings is 1. The van der Waals surface area contributed by atoms with Crippen molar-refractivity contribution >= 4 is 35.2 Å². The second kappa shape index (κ2) is 11.6. The minimum Gasteiger partial charge on any atom is -0.493 e. The van der Waals surface area contributed by atoms with Gasteiger partial charge in [-0.2, -0.15) is 0 Å². The molecule has 1 aromatic heterocycles. The van der Waals surface area contributed by atoms with Gasteiger partial charge < -0.3 is 34.6 Å². The molecule has 12 heteroatoms. The van der Waals surface area contributed by atoms with Gasteiger partial charge in [0.05, 0.1) is 32.0 Å². The molecular formula is C30H34N6O6. The number of amides is 3. The highest BCUT2D eigenvalue weighted by molar-refractivity contribution is 6.03. The Morgan fingerprint density at radius 3 is 2.36 bits per heavy atom. The molecule has 0 radical (unpaired) electrons. The number of benzene rings is 2. The number of aromatic nitrogens is 2. The van der Waals surface area contributed by atoms with E-state index < -0.39 is 5.60 Å². The molecule has 1 fully saturated rings. The second-order valence-corrected chi connectivity index (χ2v) is 11.0. The second-order valence-electron chi connectivity index (χ2n) is 11.0. The standard InChI is InChI=1S/C30H34N6O6/c1-30(2,3)42-29(39)36-12-10-35(11-13-36)27(38)18-6-8-21-22(14-18)33-25(37)15-19-17-31-28(34-26(19)21)32-20-7-9-23(40-4)24(16-20)41-5/h6-9,14,16-17H,10-13,15H2,1-5H3,(H,33,37)(H,31,32,34). The van der Waals surface area contributed by atoms with E-state index in [1.165, 1.54) is 0 Å². The third kappa shape index (κ3) is 6.22. The Bertz CT molecular complexity index is 1530. The van der Waals surface area contributed by atoms with Gasteiger partial charge in [0.1, 0.15) is 5.60 Å². The van der Waals surface area contributed by atoms with Crippen LogP contribution >= 0.6 is 0 Å². The van der Waals surface area contributed by atoms with E-state index in [9.17, 15) is 14.4 Å². The summed E-state index contributed by atoms with van der Waals surface area (Å²) in [6.07, 6.45) is 1.34. The number of nitrogens with zero attached hydrogens (tertiary/aromatic N) is 4. The average Bonchev–Trinajstić information content (AvgIpc) is 3.10. The molecule has 3 heterocycles. The number of methoxy groups -OCH3 is 2. The van der Waals surface area contributed by atoms with E-state index in [-0.39, 0.29) is 24.3 Å². The van der Waals surface area contributed by atoms with Crippen LogP contribution in [0.4, 0.5) is 22.1 Å². The molecule has 0 aliphatic carbocycles. The minimum atomic E-state index is -0.583. The summed E-state index contributed by atoms with van der Waals surface area (Å²) in [4.78, 5) is 51.0. The van der Waals surface area contributed by atoms with Crippen molar-refractivity contribution in [3.8, 4) is 22.8 Å². The smallest absolute Gasteiger partial charge is 0.410 e. The van der Waals surface area contributed by atoms with Crippen LogP contribution in [0.1, 0.15) is 36.7 Å². The first kappa shape index (κ1) is 28.7. The Balaban J connectivity index is 1.35. The molecule has 2 aromatic carbocycles. The topological polar surface area (TPSA) is 135 Å². The van der Waals surface area contributed by atoms with Crippen molar-refractivity contribution in [3.63, 3.8) is 0 Å². The third-order valence-corrected chi connectivity index (χ3v) is 6.87. The fourth-order valence-electron chi connectivity index (χ4n) is 4.83. The lowest BCUT2D eigenvalue weighted by atomic mass is 10.0. The summed E-state index contributed by atoms with van der Waals surface area (Å²) in [6.45, 7) is 6.97. The molecule has 2 aliphatic rings. The maximum atomic E-state index is 13.4. The number of fused-ring (bicyclic) bond motifs is 3. The first-order valence-electron chi connectivity index (χ1n) is 13.6. The van der Waals surface area contributed by atoms with Crippen LogP contribution < -0.4 is 20.1 Å². The lowest BCUT2D eigenvalue weighted by Crippen LogP contribution is -2.51. The van der Waals surface area contributed by atoms with Crippen LogP contribution in [0.5, 0.6) is 11.5 Å². The number of hydrogen-bond acceptors (Lipinski definition) is 9. The number of hydrogen-bond donors (Lipinski definition) is 2. The number of carbonyl (C=O) groups excluding carboxylic acids is 3. The van der Waals surface area contributed by atoms with Gasteiger partial charge in [0, 0.05) is 60.8 Å². The number of ether oxygens (including phenoxy) is 3. The zero-order valence-electron chi connectivity index (χ0n) is 24.3. The summed E-state index contributed by atoms with van der Waals surface area (Å²) < 4.78 is 16.1. The first-order valence-corrected chi connectivity index (χ1v) is 13.6. The Labute approximate surface area is 244 Å². The van der Waals surface area contributed by atoms with Gasteiger partial charge in [0.15, 0.2) is 11.5 Å². The normalized spacial score (nSPS) is 14.6. The largest absolute Gasteiger partial charge is 0.493 e. The van der Waals surface area contributed by atoms with Gasteiger partial charge in [-0.05, 0) is 51.1 Å². The molecule has 2 N–H and O–H groups in total. The third-order valence-electron chi connectivity index (χ3n) is 6.87. The Morgan fingerprint density at radius 2 is 1.67 bits per heavy atom. The van der Waals surface area contributed by atoms with Crippen LogP contribution in [0, 0.1) is 0 Å². The molecule has 3 amide bonds. The number of rotatable bonds is 5. The van der Waals surface area contributed by atoms with Crippen molar-refractivity contribution in [2.45, 2.75) is 32.8 Å². The van der Waals surface area contributed by atoms with E-state index in [0.717, 1.165) is 0 Å². The molecule has 12 nitrogen and oxygen atoms in total. The van der Waals surface area contributed by atoms with Crippen molar-refractivity contribution < 1.29 is 28.6 Å². The Morgan fingerprint density at radius 1 is 0.952 bits per heavy atom. The lowest BCUT2D eigenvalue weighted by molar-refractivity contribution is -0.115. The van der Waals surface area contributed by atoms with Crippen molar-refractivity contribution in [2.75, 3.05) is 51.0 Å². The molecule has 0 spiro atoms. The number of carbonyl (C=O) groups is 3. The zero-order valence-corrected chi connectivity index (χ0v) is 24.3. The highest BCUT2D eigenvalue weighted by Crippen LogP contribution is 2.35. The molecule has 2 aliphatic heterocycles. The van der Waals surface area contributed by atoms with Gasteiger partial charge in [0.2, 0.25) is 11.9 Å². The lowest BCUT2D eigenvalue weighted by Gasteiger charge is -2.35. The van der Waals surface area contributed by atoms with Crippen LogP contribution in [-0.4, -0.2) is 83.7 Å². The molecule has 220 valence electrons. The molecule has 0 unspecified atom stereocenters. The van der Waals surface area contributed by atoms with Crippen LogP contribution in [0.15, 0.2) is 42.6 Å². The maximum absolute atomic E-state index is 13.4. The van der Waals surface area contributed by atoms with E-state index in [1.807, 2.05) is 26.8 Å². The van der Waals surface area contributed by atoms with Crippen molar-refractivity contribution in [1.82, 2.24) is 19.8 Å². The van der Waals surface area contributed by atoms with E-state index in [1.54, 1.807) is 60.5 Å². The van der Waals surface area contributed by atoms with Crippen molar-refractivity contribution in [1.29, 1.82) is 0 Å². The molecule has 0 atom stereocenters. The number of anilines is 3. The van der Waals surface area contributed by atoms with Crippen molar-refractivity contribution in [2.24, 2.45) is 0 Å². The number of nitrogens with one attached hydrogen (secondary N) is 2. The van der Waals surface area contributed by atoms with Crippen LogP contribution in [0.25, 0.3) is 11.3 Å². The van der Waals surface area contributed by atoms with E-state index in [0.29, 0.717) is 77.4 Å². The summed E-state index contributed by atoms with van der Waals surface area (Å²) in [5.74, 6) is 1.08. The highest BCUT2D eigenvalue weighted by Gasteiger charge is 2.29. The summed E-state index contributed by atoms with van der Waals surface area (Å²) in [5, 5.41) is 6.09. The molecule has 3 aromatic rings. The molecule has 0 bridgehead atoms. The fourth-order valence-corrected chi connectivity index (χ4v) is 4.83. The minimum absolute atomic E-state index is 0.0938. The quantitative estimate of drug-likeness (QED) is 0.462. The van der Waals surface area contributed by atoms with E-state index in [2.05, 4.69) is 15.6 Å². The van der Waals surface area contributed by atoms with Crippen LogP contribution in [-0.2, 0) is 16.0 Å². The maximum Gasteiger partial charge on any atom is 0.410 e.